The van der Waals surface area contributed by atoms with E-state index in [1.165, 1.54) is 5.56 Å². The number of ether oxygens (including phenoxy) is 2. The van der Waals surface area contributed by atoms with E-state index in [1.807, 2.05) is 36.4 Å². The van der Waals surface area contributed by atoms with Gasteiger partial charge in [-0.25, -0.2) is 0 Å². The van der Waals surface area contributed by atoms with Gasteiger partial charge in [-0.1, -0.05) is 36.0 Å². The number of nitrogens with one attached hydrogen (secondary N) is 1. The van der Waals surface area contributed by atoms with Crippen LogP contribution in [0.4, 0.5) is 5.69 Å². The van der Waals surface area contributed by atoms with Crippen LogP contribution in [0, 0.1) is 0 Å². The fraction of sp³-hybridized carbons (Fsp3) is 0.100. The lowest BCUT2D eigenvalue weighted by Gasteiger charge is -2.20. The molecule has 0 aliphatic carbocycles. The molecule has 0 fully saturated rings. The highest BCUT2D eigenvalue weighted by Gasteiger charge is 2.17. The third kappa shape index (κ3) is 3.05. The summed E-state index contributed by atoms with van der Waals surface area (Å²) in [5.41, 5.74) is 2.21. The molecule has 3 aromatic carbocycles. The quantitative estimate of drug-likeness (QED) is 0.528. The van der Waals surface area contributed by atoms with Crippen molar-refractivity contribution in [3.05, 3.63) is 72.3 Å². The number of fused-ring (bicyclic) bond motifs is 2. The SMILES string of the molecule is COc1cccc(CNc2ccc3c(c2)Oc2ccccc2S3)c1. The minimum Gasteiger partial charge on any atom is -0.497 e. The van der Waals surface area contributed by atoms with E-state index in [9.17, 15) is 0 Å². The van der Waals surface area contributed by atoms with Gasteiger partial charge >= 0.3 is 0 Å². The van der Waals surface area contributed by atoms with Crippen LogP contribution in [0.5, 0.6) is 17.2 Å². The van der Waals surface area contributed by atoms with Crippen LogP contribution >= 0.6 is 11.8 Å². The first-order valence-electron chi connectivity index (χ1n) is 7.77. The molecule has 0 bridgehead atoms. The molecule has 0 saturated carbocycles. The molecule has 0 spiro atoms. The maximum Gasteiger partial charge on any atom is 0.143 e. The van der Waals surface area contributed by atoms with Crippen LogP contribution in [-0.2, 0) is 6.54 Å². The largest absolute Gasteiger partial charge is 0.497 e. The summed E-state index contributed by atoms with van der Waals surface area (Å²) in [4.78, 5) is 2.29. The van der Waals surface area contributed by atoms with E-state index in [4.69, 9.17) is 9.47 Å². The Morgan fingerprint density at radius 3 is 2.71 bits per heavy atom. The van der Waals surface area contributed by atoms with Crippen molar-refractivity contribution in [3.8, 4) is 17.2 Å². The molecule has 3 nitrogen and oxygen atoms in total. The van der Waals surface area contributed by atoms with Gasteiger partial charge in [0.05, 0.1) is 16.9 Å². The first-order valence-corrected chi connectivity index (χ1v) is 8.59. The van der Waals surface area contributed by atoms with Crippen LogP contribution in [0.2, 0.25) is 0 Å². The molecule has 0 unspecified atom stereocenters. The third-order valence-electron chi connectivity index (χ3n) is 3.86. The molecule has 1 N–H and O–H groups in total. The zero-order valence-corrected chi connectivity index (χ0v) is 14.1. The van der Waals surface area contributed by atoms with Gasteiger partial charge < -0.3 is 14.8 Å². The van der Waals surface area contributed by atoms with Crippen molar-refractivity contribution in [2.45, 2.75) is 16.3 Å². The van der Waals surface area contributed by atoms with Gasteiger partial charge in [-0.2, -0.15) is 0 Å². The summed E-state index contributed by atoms with van der Waals surface area (Å²) in [5.74, 6) is 2.69. The van der Waals surface area contributed by atoms with E-state index in [0.29, 0.717) is 0 Å². The average Bonchev–Trinajstić information content (AvgIpc) is 2.64. The summed E-state index contributed by atoms with van der Waals surface area (Å²) in [6, 6.07) is 22.4. The van der Waals surface area contributed by atoms with E-state index in [2.05, 4.69) is 35.6 Å². The number of para-hydroxylation sites is 1. The molecule has 0 saturated heterocycles. The van der Waals surface area contributed by atoms with Crippen molar-refractivity contribution in [1.29, 1.82) is 0 Å². The minimum atomic E-state index is 0.736. The van der Waals surface area contributed by atoms with Gasteiger partial charge in [0.25, 0.3) is 0 Å². The smallest absolute Gasteiger partial charge is 0.143 e. The molecule has 24 heavy (non-hydrogen) atoms. The van der Waals surface area contributed by atoms with Crippen LogP contribution in [0.15, 0.2) is 76.5 Å². The predicted molar refractivity (Wildman–Crippen MR) is 97.4 cm³/mol. The van der Waals surface area contributed by atoms with Gasteiger partial charge in [0.2, 0.25) is 0 Å². The van der Waals surface area contributed by atoms with Crippen molar-refractivity contribution >= 4 is 17.4 Å². The monoisotopic (exact) mass is 335 g/mol. The minimum absolute atomic E-state index is 0.736. The lowest BCUT2D eigenvalue weighted by molar-refractivity contribution is 0.414. The fourth-order valence-corrected chi connectivity index (χ4v) is 3.56. The topological polar surface area (TPSA) is 30.5 Å². The van der Waals surface area contributed by atoms with Gasteiger partial charge in [-0.15, -0.1) is 0 Å². The summed E-state index contributed by atoms with van der Waals surface area (Å²) in [7, 11) is 1.68. The van der Waals surface area contributed by atoms with Crippen LogP contribution < -0.4 is 14.8 Å². The molecule has 4 rings (SSSR count). The molecule has 1 heterocycles. The molecular formula is C20H17NO2S. The molecule has 120 valence electrons. The molecule has 0 radical (unpaired) electrons. The van der Waals surface area contributed by atoms with Gasteiger partial charge in [0, 0.05) is 18.3 Å². The van der Waals surface area contributed by atoms with Crippen molar-refractivity contribution in [2.75, 3.05) is 12.4 Å². The first-order chi connectivity index (χ1) is 11.8. The van der Waals surface area contributed by atoms with Crippen LogP contribution in [0.1, 0.15) is 5.56 Å². The van der Waals surface area contributed by atoms with Gasteiger partial charge in [0.15, 0.2) is 0 Å². The van der Waals surface area contributed by atoms with E-state index in [-0.39, 0.29) is 0 Å². The Hall–Kier alpha value is -2.59. The third-order valence-corrected chi connectivity index (χ3v) is 4.98. The number of methoxy groups -OCH3 is 1. The van der Waals surface area contributed by atoms with Gasteiger partial charge in [-0.05, 0) is 42.0 Å². The van der Waals surface area contributed by atoms with Crippen molar-refractivity contribution in [3.63, 3.8) is 0 Å². The van der Waals surface area contributed by atoms with E-state index < -0.39 is 0 Å². The van der Waals surface area contributed by atoms with Crippen molar-refractivity contribution < 1.29 is 9.47 Å². The van der Waals surface area contributed by atoms with Crippen LogP contribution in [0.3, 0.4) is 0 Å². The summed E-state index contributed by atoms with van der Waals surface area (Å²) in [5, 5.41) is 3.44. The zero-order chi connectivity index (χ0) is 16.4. The highest BCUT2D eigenvalue weighted by atomic mass is 32.2. The second kappa shape index (κ2) is 6.49. The molecular weight excluding hydrogens is 318 g/mol. The van der Waals surface area contributed by atoms with Crippen LogP contribution in [0.25, 0.3) is 0 Å². The predicted octanol–water partition coefficient (Wildman–Crippen LogP) is 5.56. The van der Waals surface area contributed by atoms with Gasteiger partial charge in [0.1, 0.15) is 17.2 Å². The maximum atomic E-state index is 6.03. The average molecular weight is 335 g/mol. The number of anilines is 1. The Balaban J connectivity index is 1.50. The molecule has 3 aromatic rings. The summed E-state index contributed by atoms with van der Waals surface area (Å²) >= 11 is 1.74. The normalized spacial score (nSPS) is 11.9. The second-order valence-electron chi connectivity index (χ2n) is 5.52. The van der Waals surface area contributed by atoms with E-state index in [0.717, 1.165) is 39.3 Å². The Morgan fingerprint density at radius 1 is 0.917 bits per heavy atom. The van der Waals surface area contributed by atoms with Crippen molar-refractivity contribution in [1.82, 2.24) is 0 Å². The Morgan fingerprint density at radius 2 is 1.79 bits per heavy atom. The fourth-order valence-electron chi connectivity index (χ4n) is 2.62. The molecule has 0 atom stereocenters. The Kier molecular flexibility index (Phi) is 4.05. The standard InChI is InChI=1S/C20H17NO2S/c1-22-16-6-4-5-14(11-16)13-21-15-9-10-20-18(12-15)23-17-7-2-3-8-19(17)24-20/h2-12,21H,13H2,1H3. The molecule has 0 amide bonds. The number of hydrogen-bond donors (Lipinski definition) is 1. The lowest BCUT2D eigenvalue weighted by atomic mass is 10.2. The highest BCUT2D eigenvalue weighted by Crippen LogP contribution is 2.47. The summed E-state index contributed by atoms with van der Waals surface area (Å²) in [6.45, 7) is 0.736. The summed E-state index contributed by atoms with van der Waals surface area (Å²) in [6.07, 6.45) is 0. The number of hydrogen-bond acceptors (Lipinski definition) is 4. The highest BCUT2D eigenvalue weighted by molar-refractivity contribution is 7.99. The van der Waals surface area contributed by atoms with Crippen molar-refractivity contribution in [2.24, 2.45) is 0 Å². The van der Waals surface area contributed by atoms with Crippen LogP contribution in [-0.4, -0.2) is 7.11 Å². The number of benzene rings is 3. The molecule has 0 aromatic heterocycles. The lowest BCUT2D eigenvalue weighted by Crippen LogP contribution is -2.01. The van der Waals surface area contributed by atoms with Gasteiger partial charge in [-0.3, -0.25) is 0 Å². The molecule has 1 aliphatic rings. The summed E-state index contributed by atoms with van der Waals surface area (Å²) < 4.78 is 11.3. The van der Waals surface area contributed by atoms with E-state index in [1.54, 1.807) is 18.9 Å². The molecule has 1 aliphatic heterocycles. The Bertz CT molecular complexity index is 879. The zero-order valence-electron chi connectivity index (χ0n) is 13.3. The molecule has 4 heteroatoms. The number of rotatable bonds is 4. The Labute approximate surface area is 145 Å². The van der Waals surface area contributed by atoms with E-state index >= 15 is 0 Å². The second-order valence-corrected chi connectivity index (χ2v) is 6.60. The first kappa shape index (κ1) is 15.0. The maximum absolute atomic E-state index is 6.03.